The second kappa shape index (κ2) is 7.05. The lowest BCUT2D eigenvalue weighted by Crippen LogP contribution is -2.54. The Bertz CT molecular complexity index is 722. The van der Waals surface area contributed by atoms with Gasteiger partial charge in [-0.1, -0.05) is 17.7 Å². The Kier molecular flexibility index (Phi) is 5.18. The number of hydrogen-bond donors (Lipinski definition) is 0. The van der Waals surface area contributed by atoms with Crippen molar-refractivity contribution in [3.8, 4) is 0 Å². The molecule has 2 heterocycles. The minimum absolute atomic E-state index is 0.0312. The predicted molar refractivity (Wildman–Crippen MR) is 94.7 cm³/mol. The van der Waals surface area contributed by atoms with Crippen LogP contribution >= 0.6 is 0 Å². The van der Waals surface area contributed by atoms with Crippen molar-refractivity contribution < 1.29 is 17.9 Å². The zero-order valence-electron chi connectivity index (χ0n) is 15.0. The summed E-state index contributed by atoms with van der Waals surface area (Å²) in [5, 5.41) is 0. The molecule has 1 aromatic carbocycles. The maximum Gasteiger partial charge on any atom is 0.243 e. The first-order chi connectivity index (χ1) is 11.8. The summed E-state index contributed by atoms with van der Waals surface area (Å²) in [6.45, 7) is 7.20. The predicted octanol–water partition coefficient (Wildman–Crippen LogP) is 1.78. The van der Waals surface area contributed by atoms with Crippen LogP contribution in [0.3, 0.4) is 0 Å². The first-order valence-corrected chi connectivity index (χ1v) is 10.3. The highest BCUT2D eigenvalue weighted by Gasteiger charge is 2.42. The van der Waals surface area contributed by atoms with Crippen LogP contribution in [0, 0.1) is 6.92 Å². The molecule has 0 radical (unpaired) electrons. The number of carbonyl (C=O) groups excluding carboxylic acids is 1. The van der Waals surface area contributed by atoms with E-state index in [2.05, 4.69) is 0 Å². The third-order valence-corrected chi connectivity index (χ3v) is 6.77. The Hall–Kier alpha value is -1.44. The van der Waals surface area contributed by atoms with Crippen LogP contribution in [-0.2, 0) is 19.6 Å². The maximum atomic E-state index is 13.0. The number of aryl methyl sites for hydroxylation is 1. The molecule has 6 nitrogen and oxygen atoms in total. The Balaban J connectivity index is 1.82. The van der Waals surface area contributed by atoms with E-state index in [-0.39, 0.29) is 23.0 Å². The van der Waals surface area contributed by atoms with E-state index in [1.807, 2.05) is 20.8 Å². The maximum absolute atomic E-state index is 13.0. The smallest absolute Gasteiger partial charge is 0.243 e. The molecule has 0 spiro atoms. The normalized spacial score (nSPS) is 28.3. The van der Waals surface area contributed by atoms with Crippen LogP contribution in [0.4, 0.5) is 0 Å². The molecule has 0 unspecified atom stereocenters. The lowest BCUT2D eigenvalue weighted by Gasteiger charge is -2.37. The van der Waals surface area contributed by atoms with E-state index >= 15 is 0 Å². The van der Waals surface area contributed by atoms with Crippen molar-refractivity contribution >= 4 is 15.9 Å². The SMILES string of the molecule is Cc1ccc(S(=O)(=O)N2CCC[C@@H]2C(=O)N2C[C@H](C)O[C@@H](C)C2)cc1. The molecule has 0 aliphatic carbocycles. The highest BCUT2D eigenvalue weighted by atomic mass is 32.2. The molecule has 2 saturated heterocycles. The average Bonchev–Trinajstić information content (AvgIpc) is 3.04. The van der Waals surface area contributed by atoms with Crippen molar-refractivity contribution in [2.24, 2.45) is 0 Å². The van der Waals surface area contributed by atoms with Gasteiger partial charge in [0, 0.05) is 19.6 Å². The summed E-state index contributed by atoms with van der Waals surface area (Å²) in [5.74, 6) is -0.102. The fourth-order valence-electron chi connectivity index (χ4n) is 3.69. The van der Waals surface area contributed by atoms with Crippen molar-refractivity contribution in [2.45, 2.75) is 56.8 Å². The van der Waals surface area contributed by atoms with Crippen molar-refractivity contribution in [2.75, 3.05) is 19.6 Å². The first-order valence-electron chi connectivity index (χ1n) is 8.82. The molecule has 0 N–H and O–H groups in total. The van der Waals surface area contributed by atoms with E-state index in [4.69, 9.17) is 4.74 Å². The van der Waals surface area contributed by atoms with E-state index in [0.717, 1.165) is 5.56 Å². The molecule has 138 valence electrons. The largest absolute Gasteiger partial charge is 0.372 e. The van der Waals surface area contributed by atoms with Gasteiger partial charge in [-0.05, 0) is 45.7 Å². The standard InChI is InChI=1S/C18H26N2O4S/c1-13-6-8-16(9-7-13)25(22,23)20-10-4-5-17(20)18(21)19-11-14(2)24-15(3)12-19/h6-9,14-15,17H,4-5,10-12H2,1-3H3/t14-,15-,17+/m0/s1. The topological polar surface area (TPSA) is 66.9 Å². The summed E-state index contributed by atoms with van der Waals surface area (Å²) in [6, 6.07) is 6.19. The van der Waals surface area contributed by atoms with Crippen LogP contribution in [0.25, 0.3) is 0 Å². The zero-order valence-corrected chi connectivity index (χ0v) is 15.8. The lowest BCUT2D eigenvalue weighted by molar-refractivity contribution is -0.146. The zero-order chi connectivity index (χ0) is 18.2. The Labute approximate surface area is 149 Å². The van der Waals surface area contributed by atoms with Crippen LogP contribution in [0.15, 0.2) is 29.2 Å². The summed E-state index contributed by atoms with van der Waals surface area (Å²) in [5.41, 5.74) is 1.00. The van der Waals surface area contributed by atoms with Crippen LogP contribution in [0.5, 0.6) is 0 Å². The van der Waals surface area contributed by atoms with Crippen molar-refractivity contribution in [1.82, 2.24) is 9.21 Å². The van der Waals surface area contributed by atoms with E-state index in [1.165, 1.54) is 4.31 Å². The second-order valence-corrected chi connectivity index (χ2v) is 8.98. The molecular weight excluding hydrogens is 340 g/mol. The molecule has 2 fully saturated rings. The average molecular weight is 366 g/mol. The van der Waals surface area contributed by atoms with Gasteiger partial charge in [0.25, 0.3) is 0 Å². The molecule has 0 bridgehead atoms. The van der Waals surface area contributed by atoms with Gasteiger partial charge >= 0.3 is 0 Å². The highest BCUT2D eigenvalue weighted by Crippen LogP contribution is 2.28. The van der Waals surface area contributed by atoms with Gasteiger partial charge in [0.2, 0.25) is 15.9 Å². The van der Waals surface area contributed by atoms with Gasteiger partial charge in [-0.3, -0.25) is 4.79 Å². The van der Waals surface area contributed by atoms with Crippen LogP contribution in [0.1, 0.15) is 32.3 Å². The fourth-order valence-corrected chi connectivity index (χ4v) is 5.34. The van der Waals surface area contributed by atoms with Gasteiger partial charge < -0.3 is 9.64 Å². The minimum atomic E-state index is -3.66. The number of nitrogens with zero attached hydrogens (tertiary/aromatic N) is 2. The van der Waals surface area contributed by atoms with Crippen LogP contribution in [-0.4, -0.2) is 61.4 Å². The van der Waals surface area contributed by atoms with E-state index < -0.39 is 16.1 Å². The summed E-state index contributed by atoms with van der Waals surface area (Å²) in [6.07, 6.45) is 1.22. The third-order valence-electron chi connectivity index (χ3n) is 4.85. The Morgan fingerprint density at radius 3 is 2.32 bits per heavy atom. The molecule has 0 aromatic heterocycles. The summed E-state index contributed by atoms with van der Waals surface area (Å²) in [7, 11) is -3.66. The van der Waals surface area contributed by atoms with Crippen molar-refractivity contribution in [1.29, 1.82) is 0 Å². The molecule has 2 aliphatic heterocycles. The van der Waals surface area contributed by atoms with Crippen molar-refractivity contribution in [3.05, 3.63) is 29.8 Å². The van der Waals surface area contributed by atoms with Gasteiger partial charge in [0.15, 0.2) is 0 Å². The van der Waals surface area contributed by atoms with Gasteiger partial charge in [0.05, 0.1) is 17.1 Å². The summed E-state index contributed by atoms with van der Waals surface area (Å²) >= 11 is 0. The van der Waals surface area contributed by atoms with Crippen LogP contribution in [0.2, 0.25) is 0 Å². The molecular formula is C18H26N2O4S. The Morgan fingerprint density at radius 2 is 1.72 bits per heavy atom. The number of sulfonamides is 1. The molecule has 0 saturated carbocycles. The van der Waals surface area contributed by atoms with Gasteiger partial charge in [0.1, 0.15) is 6.04 Å². The lowest BCUT2D eigenvalue weighted by atomic mass is 10.1. The van der Waals surface area contributed by atoms with Crippen molar-refractivity contribution in [3.63, 3.8) is 0 Å². The molecule has 3 atom stereocenters. The highest BCUT2D eigenvalue weighted by molar-refractivity contribution is 7.89. The third kappa shape index (κ3) is 3.73. The number of morpholine rings is 1. The number of rotatable bonds is 3. The quantitative estimate of drug-likeness (QED) is 0.818. The molecule has 3 rings (SSSR count). The molecule has 1 amide bonds. The number of hydrogen-bond acceptors (Lipinski definition) is 4. The number of carbonyl (C=O) groups is 1. The molecule has 1 aromatic rings. The van der Waals surface area contributed by atoms with Crippen LogP contribution < -0.4 is 0 Å². The molecule has 25 heavy (non-hydrogen) atoms. The van der Waals surface area contributed by atoms with Gasteiger partial charge in [-0.2, -0.15) is 4.31 Å². The first kappa shape index (κ1) is 18.4. The number of ether oxygens (including phenoxy) is 1. The second-order valence-electron chi connectivity index (χ2n) is 7.09. The van der Waals surface area contributed by atoms with Gasteiger partial charge in [-0.15, -0.1) is 0 Å². The fraction of sp³-hybridized carbons (Fsp3) is 0.611. The summed E-state index contributed by atoms with van der Waals surface area (Å²) < 4.78 is 33.1. The Morgan fingerprint density at radius 1 is 1.12 bits per heavy atom. The van der Waals surface area contributed by atoms with Gasteiger partial charge in [-0.25, -0.2) is 8.42 Å². The van der Waals surface area contributed by atoms with E-state index in [0.29, 0.717) is 32.5 Å². The monoisotopic (exact) mass is 366 g/mol. The van der Waals surface area contributed by atoms with E-state index in [9.17, 15) is 13.2 Å². The molecule has 2 aliphatic rings. The number of amides is 1. The summed E-state index contributed by atoms with van der Waals surface area (Å²) in [4.78, 5) is 15.0. The molecule has 7 heteroatoms. The minimum Gasteiger partial charge on any atom is -0.372 e. The van der Waals surface area contributed by atoms with E-state index in [1.54, 1.807) is 29.2 Å². The number of benzene rings is 1.